The minimum Gasteiger partial charge on any atom is -0.315 e. The summed E-state index contributed by atoms with van der Waals surface area (Å²) in [6.45, 7) is 5.98. The molecule has 1 aliphatic rings. The standard InChI is InChI=1S/C13H22N2O2S2/c1-10-4-6-15(7-5-10)19(16,17)13-11(2)9-18-12(13)8-14-3/h9-10,14H,4-8H2,1-3H3. The first-order valence-corrected chi connectivity index (χ1v) is 9.00. The fraction of sp³-hybridized carbons (Fsp3) is 0.692. The molecule has 0 aliphatic carbocycles. The third-order valence-electron chi connectivity index (χ3n) is 3.67. The van der Waals surface area contributed by atoms with Gasteiger partial charge in [-0.3, -0.25) is 0 Å². The molecule has 2 heterocycles. The summed E-state index contributed by atoms with van der Waals surface area (Å²) in [5, 5.41) is 4.98. The van der Waals surface area contributed by atoms with E-state index in [0.717, 1.165) is 23.3 Å². The maximum Gasteiger partial charge on any atom is 0.244 e. The molecule has 108 valence electrons. The van der Waals surface area contributed by atoms with Gasteiger partial charge in [-0.2, -0.15) is 4.31 Å². The molecule has 1 aliphatic heterocycles. The zero-order valence-corrected chi connectivity index (χ0v) is 13.4. The van der Waals surface area contributed by atoms with Crippen molar-refractivity contribution in [3.05, 3.63) is 15.8 Å². The monoisotopic (exact) mass is 302 g/mol. The Bertz CT molecular complexity index is 529. The van der Waals surface area contributed by atoms with E-state index in [0.29, 0.717) is 30.4 Å². The first-order valence-electron chi connectivity index (χ1n) is 6.68. The zero-order chi connectivity index (χ0) is 14.0. The van der Waals surface area contributed by atoms with Gasteiger partial charge < -0.3 is 5.32 Å². The highest BCUT2D eigenvalue weighted by Crippen LogP contribution is 2.31. The molecular formula is C13H22N2O2S2. The largest absolute Gasteiger partial charge is 0.315 e. The van der Waals surface area contributed by atoms with Gasteiger partial charge in [0.1, 0.15) is 4.90 Å². The summed E-state index contributed by atoms with van der Waals surface area (Å²) >= 11 is 1.52. The normalized spacial score (nSPS) is 18.9. The third kappa shape index (κ3) is 3.02. The maximum absolute atomic E-state index is 12.8. The number of nitrogens with one attached hydrogen (secondary N) is 1. The molecule has 2 rings (SSSR count). The van der Waals surface area contributed by atoms with E-state index in [4.69, 9.17) is 0 Å². The topological polar surface area (TPSA) is 49.4 Å². The number of rotatable bonds is 4. The van der Waals surface area contributed by atoms with Gasteiger partial charge in [-0.05, 0) is 43.7 Å². The van der Waals surface area contributed by atoms with Crippen LogP contribution in [-0.4, -0.2) is 32.9 Å². The summed E-state index contributed by atoms with van der Waals surface area (Å²) in [6, 6.07) is 0. The Morgan fingerprint density at radius 2 is 2.05 bits per heavy atom. The Hall–Kier alpha value is -0.430. The second-order valence-corrected chi connectivity index (χ2v) is 8.13. The molecule has 0 spiro atoms. The van der Waals surface area contributed by atoms with Gasteiger partial charge in [0.05, 0.1) is 0 Å². The van der Waals surface area contributed by atoms with Crippen LogP contribution in [0, 0.1) is 12.8 Å². The predicted octanol–water partition coefficient (Wildman–Crippen LogP) is 2.20. The van der Waals surface area contributed by atoms with E-state index in [1.807, 2.05) is 19.4 Å². The van der Waals surface area contributed by atoms with Crippen molar-refractivity contribution >= 4 is 21.4 Å². The van der Waals surface area contributed by atoms with Crippen molar-refractivity contribution < 1.29 is 8.42 Å². The number of nitrogens with zero attached hydrogens (tertiary/aromatic N) is 1. The van der Waals surface area contributed by atoms with Crippen molar-refractivity contribution in [2.45, 2.75) is 38.1 Å². The molecule has 1 aromatic heterocycles. The van der Waals surface area contributed by atoms with E-state index >= 15 is 0 Å². The van der Waals surface area contributed by atoms with Crippen LogP contribution in [0.15, 0.2) is 10.3 Å². The molecule has 0 bridgehead atoms. The number of aryl methyl sites for hydroxylation is 1. The summed E-state index contributed by atoms with van der Waals surface area (Å²) in [5.41, 5.74) is 0.869. The Labute approximate surface area is 119 Å². The quantitative estimate of drug-likeness (QED) is 0.927. The molecule has 0 atom stereocenters. The van der Waals surface area contributed by atoms with Crippen molar-refractivity contribution in [1.82, 2.24) is 9.62 Å². The average molecular weight is 302 g/mol. The molecule has 0 radical (unpaired) electrons. The zero-order valence-electron chi connectivity index (χ0n) is 11.8. The van der Waals surface area contributed by atoms with Crippen molar-refractivity contribution in [2.24, 2.45) is 5.92 Å². The van der Waals surface area contributed by atoms with E-state index in [1.165, 1.54) is 11.3 Å². The van der Waals surface area contributed by atoms with E-state index in [-0.39, 0.29) is 0 Å². The van der Waals surface area contributed by atoms with Crippen LogP contribution in [0.3, 0.4) is 0 Å². The summed E-state index contributed by atoms with van der Waals surface area (Å²) in [7, 11) is -1.48. The number of sulfonamides is 1. The van der Waals surface area contributed by atoms with Crippen LogP contribution in [0.5, 0.6) is 0 Å². The molecule has 1 aromatic rings. The highest BCUT2D eigenvalue weighted by Gasteiger charge is 2.31. The van der Waals surface area contributed by atoms with Crippen molar-refractivity contribution in [2.75, 3.05) is 20.1 Å². The molecule has 1 fully saturated rings. The molecule has 6 heteroatoms. The van der Waals surface area contributed by atoms with Gasteiger partial charge in [-0.1, -0.05) is 6.92 Å². The van der Waals surface area contributed by atoms with Gasteiger partial charge in [0.2, 0.25) is 10.0 Å². The summed E-state index contributed by atoms with van der Waals surface area (Å²) in [4.78, 5) is 1.44. The van der Waals surface area contributed by atoms with E-state index in [1.54, 1.807) is 4.31 Å². The number of hydrogen-bond acceptors (Lipinski definition) is 4. The van der Waals surface area contributed by atoms with Crippen LogP contribution in [0.25, 0.3) is 0 Å². The first kappa shape index (κ1) is 15.0. The predicted molar refractivity (Wildman–Crippen MR) is 79.0 cm³/mol. The lowest BCUT2D eigenvalue weighted by Gasteiger charge is -2.29. The lowest BCUT2D eigenvalue weighted by Crippen LogP contribution is -2.38. The van der Waals surface area contributed by atoms with Crippen LogP contribution in [0.2, 0.25) is 0 Å². The van der Waals surface area contributed by atoms with Crippen LogP contribution in [0.1, 0.15) is 30.2 Å². The van der Waals surface area contributed by atoms with Crippen LogP contribution in [0.4, 0.5) is 0 Å². The Morgan fingerprint density at radius 3 is 2.63 bits per heavy atom. The Kier molecular flexibility index (Phi) is 4.66. The van der Waals surface area contributed by atoms with Crippen LogP contribution in [-0.2, 0) is 16.6 Å². The Balaban J connectivity index is 2.31. The van der Waals surface area contributed by atoms with Crippen LogP contribution < -0.4 is 5.32 Å². The number of thiophene rings is 1. The molecule has 1 N–H and O–H groups in total. The molecular weight excluding hydrogens is 280 g/mol. The van der Waals surface area contributed by atoms with Crippen LogP contribution >= 0.6 is 11.3 Å². The second-order valence-electron chi connectivity index (χ2n) is 5.29. The third-order valence-corrected chi connectivity index (χ3v) is 7.03. The van der Waals surface area contributed by atoms with Crippen molar-refractivity contribution in [3.8, 4) is 0 Å². The highest BCUT2D eigenvalue weighted by atomic mass is 32.2. The molecule has 0 unspecified atom stereocenters. The van der Waals surface area contributed by atoms with E-state index < -0.39 is 10.0 Å². The SMILES string of the molecule is CNCc1scc(C)c1S(=O)(=O)N1CCC(C)CC1. The fourth-order valence-electron chi connectivity index (χ4n) is 2.47. The molecule has 0 aromatic carbocycles. The van der Waals surface area contributed by atoms with Gasteiger partial charge >= 0.3 is 0 Å². The summed E-state index contributed by atoms with van der Waals surface area (Å²) in [5.74, 6) is 0.631. The lowest BCUT2D eigenvalue weighted by atomic mass is 10.0. The number of piperidine rings is 1. The molecule has 19 heavy (non-hydrogen) atoms. The summed E-state index contributed by atoms with van der Waals surface area (Å²) < 4.78 is 27.2. The van der Waals surface area contributed by atoms with Gasteiger partial charge in [-0.15, -0.1) is 11.3 Å². The lowest BCUT2D eigenvalue weighted by molar-refractivity contribution is 0.288. The van der Waals surface area contributed by atoms with Gasteiger partial charge in [0.15, 0.2) is 0 Å². The van der Waals surface area contributed by atoms with Gasteiger partial charge in [0, 0.05) is 24.5 Å². The average Bonchev–Trinajstić information content (AvgIpc) is 2.72. The second kappa shape index (κ2) is 5.91. The van der Waals surface area contributed by atoms with Crippen molar-refractivity contribution in [3.63, 3.8) is 0 Å². The smallest absolute Gasteiger partial charge is 0.244 e. The van der Waals surface area contributed by atoms with Gasteiger partial charge in [-0.25, -0.2) is 8.42 Å². The molecule has 4 nitrogen and oxygen atoms in total. The fourth-order valence-corrected chi connectivity index (χ4v) is 5.71. The van der Waals surface area contributed by atoms with E-state index in [9.17, 15) is 8.42 Å². The Morgan fingerprint density at radius 1 is 1.42 bits per heavy atom. The number of hydrogen-bond donors (Lipinski definition) is 1. The molecule has 1 saturated heterocycles. The highest BCUT2D eigenvalue weighted by molar-refractivity contribution is 7.89. The minimum atomic E-state index is -3.32. The minimum absolute atomic E-state index is 0.529. The first-order chi connectivity index (χ1) is 8.96. The maximum atomic E-state index is 12.8. The summed E-state index contributed by atoms with van der Waals surface area (Å²) in [6.07, 6.45) is 1.92. The molecule has 0 amide bonds. The van der Waals surface area contributed by atoms with E-state index in [2.05, 4.69) is 12.2 Å². The van der Waals surface area contributed by atoms with Crippen molar-refractivity contribution in [1.29, 1.82) is 0 Å². The van der Waals surface area contributed by atoms with Gasteiger partial charge in [0.25, 0.3) is 0 Å². The molecule has 0 saturated carbocycles.